The van der Waals surface area contributed by atoms with Crippen molar-refractivity contribution in [3.8, 4) is 17.6 Å². The van der Waals surface area contributed by atoms with E-state index in [4.69, 9.17) is 9.84 Å². The third-order valence-electron chi connectivity index (χ3n) is 5.08. The van der Waals surface area contributed by atoms with Crippen molar-refractivity contribution < 1.29 is 23.1 Å². The quantitative estimate of drug-likeness (QED) is 0.447. The molecule has 3 rings (SSSR count). The summed E-state index contributed by atoms with van der Waals surface area (Å²) in [6.45, 7) is 1.68. The second-order valence-corrected chi connectivity index (χ2v) is 9.97. The van der Waals surface area contributed by atoms with Crippen LogP contribution in [0, 0.1) is 11.8 Å². The SMILES string of the molecule is CC#CC(CC(=O)O)c1ccc(OC(CCCS(C)(=O)=O)c2ccc3[nH]ncc3c2)cc1. The van der Waals surface area contributed by atoms with Gasteiger partial charge in [0.1, 0.15) is 21.7 Å². The fourth-order valence-electron chi connectivity index (χ4n) is 3.53. The molecule has 0 spiro atoms. The highest BCUT2D eigenvalue weighted by Gasteiger charge is 2.17. The minimum atomic E-state index is -3.06. The normalized spacial score (nSPS) is 13.2. The number of sulfone groups is 1. The maximum absolute atomic E-state index is 11.6. The van der Waals surface area contributed by atoms with E-state index >= 15 is 0 Å². The lowest BCUT2D eigenvalue weighted by Crippen LogP contribution is -2.11. The van der Waals surface area contributed by atoms with Crippen molar-refractivity contribution in [2.75, 3.05) is 12.0 Å². The molecule has 32 heavy (non-hydrogen) atoms. The molecule has 0 aliphatic rings. The van der Waals surface area contributed by atoms with Crippen LogP contribution in [-0.4, -0.2) is 41.7 Å². The predicted molar refractivity (Wildman–Crippen MR) is 123 cm³/mol. The van der Waals surface area contributed by atoms with Gasteiger partial charge in [-0.2, -0.15) is 5.10 Å². The molecule has 168 valence electrons. The van der Waals surface area contributed by atoms with Crippen LogP contribution in [0.5, 0.6) is 5.75 Å². The van der Waals surface area contributed by atoms with Crippen LogP contribution in [0.25, 0.3) is 10.9 Å². The van der Waals surface area contributed by atoms with Gasteiger partial charge in [-0.25, -0.2) is 8.42 Å². The summed E-state index contributed by atoms with van der Waals surface area (Å²) in [6, 6.07) is 13.1. The standard InChI is InChI=1S/C24H26N2O5S/c1-3-5-18(15-24(27)28)17-7-10-21(11-8-17)31-23(6-4-13-32(2,29)30)19-9-12-22-20(14-19)16-25-26-22/h7-12,14,16,18,23H,4,6,13,15H2,1-2H3,(H,25,26)(H,27,28). The van der Waals surface area contributed by atoms with E-state index in [0.717, 1.165) is 22.0 Å². The number of aliphatic carboxylic acids is 1. The number of ether oxygens (including phenoxy) is 1. The van der Waals surface area contributed by atoms with Gasteiger partial charge in [0.25, 0.3) is 0 Å². The molecular weight excluding hydrogens is 428 g/mol. The highest BCUT2D eigenvalue weighted by Crippen LogP contribution is 2.30. The Bertz CT molecular complexity index is 1240. The Hall–Kier alpha value is -3.31. The summed E-state index contributed by atoms with van der Waals surface area (Å²) in [7, 11) is -3.06. The zero-order valence-corrected chi connectivity index (χ0v) is 18.9. The van der Waals surface area contributed by atoms with Crippen LogP contribution in [0.3, 0.4) is 0 Å². The van der Waals surface area contributed by atoms with Crippen LogP contribution in [0.4, 0.5) is 0 Å². The number of aromatic amines is 1. The van der Waals surface area contributed by atoms with Gasteiger partial charge in [0.15, 0.2) is 0 Å². The Morgan fingerprint density at radius 2 is 1.91 bits per heavy atom. The summed E-state index contributed by atoms with van der Waals surface area (Å²) in [6.07, 6.45) is 3.55. The lowest BCUT2D eigenvalue weighted by atomic mass is 9.96. The Balaban J connectivity index is 1.81. The molecule has 0 saturated heterocycles. The summed E-state index contributed by atoms with van der Waals surface area (Å²) < 4.78 is 29.4. The number of hydrogen-bond donors (Lipinski definition) is 2. The van der Waals surface area contributed by atoms with Crippen LogP contribution in [-0.2, 0) is 14.6 Å². The van der Waals surface area contributed by atoms with E-state index in [1.165, 1.54) is 6.26 Å². The third kappa shape index (κ3) is 6.59. The molecule has 0 aliphatic carbocycles. The number of nitrogens with zero attached hydrogens (tertiary/aromatic N) is 1. The number of rotatable bonds is 10. The lowest BCUT2D eigenvalue weighted by Gasteiger charge is -2.20. The van der Waals surface area contributed by atoms with E-state index in [2.05, 4.69) is 22.0 Å². The van der Waals surface area contributed by atoms with Gasteiger partial charge in [-0.3, -0.25) is 9.89 Å². The molecular formula is C24H26N2O5S. The Labute approximate surface area is 187 Å². The van der Waals surface area contributed by atoms with E-state index in [1.807, 2.05) is 30.3 Å². The fourth-order valence-corrected chi connectivity index (χ4v) is 4.22. The molecule has 0 amide bonds. The number of carboxylic acids is 1. The maximum Gasteiger partial charge on any atom is 0.304 e. The summed E-state index contributed by atoms with van der Waals surface area (Å²) >= 11 is 0. The largest absolute Gasteiger partial charge is 0.486 e. The average Bonchev–Trinajstić information content (AvgIpc) is 3.20. The highest BCUT2D eigenvalue weighted by molar-refractivity contribution is 7.90. The maximum atomic E-state index is 11.6. The van der Waals surface area contributed by atoms with Gasteiger partial charge in [-0.1, -0.05) is 24.1 Å². The second-order valence-electron chi connectivity index (χ2n) is 7.71. The predicted octanol–water partition coefficient (Wildman–Crippen LogP) is 4.09. The van der Waals surface area contributed by atoms with Gasteiger partial charge in [0.05, 0.1) is 29.8 Å². The highest BCUT2D eigenvalue weighted by atomic mass is 32.2. The minimum Gasteiger partial charge on any atom is -0.486 e. The zero-order chi connectivity index (χ0) is 23.1. The van der Waals surface area contributed by atoms with Gasteiger partial charge in [-0.15, -0.1) is 5.92 Å². The molecule has 7 nitrogen and oxygen atoms in total. The minimum absolute atomic E-state index is 0.0696. The Morgan fingerprint density at radius 3 is 2.56 bits per heavy atom. The first-order chi connectivity index (χ1) is 15.2. The van der Waals surface area contributed by atoms with Crippen molar-refractivity contribution >= 4 is 26.7 Å². The molecule has 1 heterocycles. The fraction of sp³-hybridized carbons (Fsp3) is 0.333. The van der Waals surface area contributed by atoms with E-state index < -0.39 is 15.8 Å². The number of nitrogens with one attached hydrogen (secondary N) is 1. The van der Waals surface area contributed by atoms with Crippen LogP contribution in [0.15, 0.2) is 48.7 Å². The van der Waals surface area contributed by atoms with Crippen molar-refractivity contribution in [3.63, 3.8) is 0 Å². The molecule has 2 atom stereocenters. The average molecular weight is 455 g/mol. The van der Waals surface area contributed by atoms with E-state index in [9.17, 15) is 13.2 Å². The van der Waals surface area contributed by atoms with Gasteiger partial charge in [0.2, 0.25) is 0 Å². The van der Waals surface area contributed by atoms with Crippen molar-refractivity contribution in [2.24, 2.45) is 0 Å². The summed E-state index contributed by atoms with van der Waals surface area (Å²) in [5.41, 5.74) is 2.65. The Kier molecular flexibility index (Phi) is 7.54. The van der Waals surface area contributed by atoms with Crippen LogP contribution < -0.4 is 4.74 Å². The van der Waals surface area contributed by atoms with E-state index in [1.54, 1.807) is 25.3 Å². The van der Waals surface area contributed by atoms with Crippen molar-refractivity contribution in [1.29, 1.82) is 0 Å². The number of benzene rings is 2. The topological polar surface area (TPSA) is 109 Å². The molecule has 0 bridgehead atoms. The summed E-state index contributed by atoms with van der Waals surface area (Å²) in [5, 5.41) is 17.0. The number of H-pyrrole nitrogens is 1. The number of carbonyl (C=O) groups is 1. The number of carboxylic acid groups (broad SMARTS) is 1. The van der Waals surface area contributed by atoms with E-state index in [0.29, 0.717) is 18.6 Å². The molecule has 1 aromatic heterocycles. The smallest absolute Gasteiger partial charge is 0.304 e. The van der Waals surface area contributed by atoms with Gasteiger partial charge in [-0.05, 0) is 55.2 Å². The number of fused-ring (bicyclic) bond motifs is 1. The molecule has 0 aliphatic heterocycles. The van der Waals surface area contributed by atoms with Gasteiger partial charge in [0, 0.05) is 11.6 Å². The Morgan fingerprint density at radius 1 is 1.19 bits per heavy atom. The second kappa shape index (κ2) is 10.3. The lowest BCUT2D eigenvalue weighted by molar-refractivity contribution is -0.137. The number of hydrogen-bond acceptors (Lipinski definition) is 5. The summed E-state index contributed by atoms with van der Waals surface area (Å²) in [5.74, 6) is 5.13. The first-order valence-corrected chi connectivity index (χ1v) is 12.3. The summed E-state index contributed by atoms with van der Waals surface area (Å²) in [4.78, 5) is 11.1. The number of aromatic nitrogens is 2. The van der Waals surface area contributed by atoms with Gasteiger partial charge < -0.3 is 9.84 Å². The molecule has 0 radical (unpaired) electrons. The van der Waals surface area contributed by atoms with Crippen LogP contribution >= 0.6 is 0 Å². The molecule has 0 fully saturated rings. The van der Waals surface area contributed by atoms with Crippen molar-refractivity contribution in [1.82, 2.24) is 10.2 Å². The molecule has 2 unspecified atom stereocenters. The monoisotopic (exact) mass is 454 g/mol. The third-order valence-corrected chi connectivity index (χ3v) is 6.11. The van der Waals surface area contributed by atoms with Crippen LogP contribution in [0.2, 0.25) is 0 Å². The van der Waals surface area contributed by atoms with Crippen molar-refractivity contribution in [2.45, 2.75) is 38.2 Å². The molecule has 2 aromatic carbocycles. The molecule has 3 aromatic rings. The van der Waals surface area contributed by atoms with Crippen LogP contribution in [0.1, 0.15) is 49.3 Å². The zero-order valence-electron chi connectivity index (χ0n) is 18.0. The molecule has 2 N–H and O–H groups in total. The van der Waals surface area contributed by atoms with Crippen molar-refractivity contribution in [3.05, 3.63) is 59.8 Å². The van der Waals surface area contributed by atoms with E-state index in [-0.39, 0.29) is 24.2 Å². The first kappa shape index (κ1) is 23.4. The first-order valence-electron chi connectivity index (χ1n) is 10.3. The molecule has 0 saturated carbocycles. The molecule has 8 heteroatoms. The van der Waals surface area contributed by atoms with Gasteiger partial charge >= 0.3 is 5.97 Å².